The molecule has 5 heteroatoms. The summed E-state index contributed by atoms with van der Waals surface area (Å²) < 4.78 is 11.5. The Bertz CT molecular complexity index is 1020. The smallest absolute Gasteiger partial charge is 0.132 e. The Labute approximate surface area is 184 Å². The molecule has 1 aliphatic heterocycles. The zero-order valence-corrected chi connectivity index (χ0v) is 18.4. The van der Waals surface area contributed by atoms with E-state index in [4.69, 9.17) is 9.47 Å². The highest BCUT2D eigenvalue weighted by molar-refractivity contribution is 6.06. The van der Waals surface area contributed by atoms with E-state index >= 15 is 0 Å². The summed E-state index contributed by atoms with van der Waals surface area (Å²) in [5, 5.41) is 5.75. The molecule has 1 N–H and O–H groups in total. The van der Waals surface area contributed by atoms with Gasteiger partial charge in [-0.05, 0) is 53.9 Å². The van der Waals surface area contributed by atoms with E-state index in [1.807, 2.05) is 6.92 Å². The minimum Gasteiger partial charge on any atom is -0.493 e. The van der Waals surface area contributed by atoms with Crippen LogP contribution in [-0.4, -0.2) is 38.7 Å². The molecule has 0 saturated heterocycles. The first kappa shape index (κ1) is 22.1. The summed E-state index contributed by atoms with van der Waals surface area (Å²) in [5.41, 5.74) is 4.75. The van der Waals surface area contributed by atoms with Gasteiger partial charge < -0.3 is 14.8 Å². The molecule has 1 heterocycles. The molecule has 0 bridgehead atoms. The first-order valence-electron chi connectivity index (χ1n) is 10.4. The molecule has 30 heavy (non-hydrogen) atoms. The topological polar surface area (TPSA) is 42.9 Å². The fourth-order valence-corrected chi connectivity index (χ4v) is 3.57. The van der Waals surface area contributed by atoms with E-state index in [1.165, 1.54) is 27.5 Å². The van der Waals surface area contributed by atoms with Crippen LogP contribution in [0.1, 0.15) is 24.5 Å². The maximum absolute atomic E-state index is 6.13. The molecule has 0 amide bonds. The third-order valence-electron chi connectivity index (χ3n) is 5.15. The normalized spacial score (nSPS) is 12.9. The van der Waals surface area contributed by atoms with Gasteiger partial charge in [-0.3, -0.25) is 4.99 Å². The number of hydrogen-bond donors (Lipinski definition) is 1. The zero-order valence-electron chi connectivity index (χ0n) is 17.6. The highest BCUT2D eigenvalue weighted by atomic mass is 35.5. The predicted molar refractivity (Wildman–Crippen MR) is 127 cm³/mol. The number of ether oxygens (including phenoxy) is 2. The molecule has 3 aromatic carbocycles. The largest absolute Gasteiger partial charge is 0.493 e. The van der Waals surface area contributed by atoms with Gasteiger partial charge in [-0.25, -0.2) is 0 Å². The summed E-state index contributed by atoms with van der Waals surface area (Å²) in [4.78, 5) is 4.62. The average Bonchev–Trinajstić information content (AvgIpc) is 3.28. The third kappa shape index (κ3) is 5.13. The number of aliphatic imine (C=N–C) groups is 1. The van der Waals surface area contributed by atoms with Crippen LogP contribution in [0.25, 0.3) is 21.9 Å². The summed E-state index contributed by atoms with van der Waals surface area (Å²) in [7, 11) is 0. The van der Waals surface area contributed by atoms with Gasteiger partial charge in [0.05, 0.1) is 18.7 Å². The lowest BCUT2D eigenvalue weighted by Crippen LogP contribution is -2.20. The molecule has 0 spiro atoms. The highest BCUT2D eigenvalue weighted by Gasteiger charge is 2.15. The van der Waals surface area contributed by atoms with Crippen LogP contribution >= 0.6 is 12.4 Å². The van der Waals surface area contributed by atoms with Gasteiger partial charge in [0.25, 0.3) is 0 Å². The second-order valence-corrected chi connectivity index (χ2v) is 7.33. The zero-order chi connectivity index (χ0) is 20.1. The second-order valence-electron chi connectivity index (χ2n) is 7.33. The van der Waals surface area contributed by atoms with Gasteiger partial charge in [0.2, 0.25) is 0 Å². The molecule has 1 aliphatic rings. The third-order valence-corrected chi connectivity index (χ3v) is 5.15. The summed E-state index contributed by atoms with van der Waals surface area (Å²) in [6.07, 6.45) is 0.873. The Balaban J connectivity index is 0.00000256. The fourth-order valence-electron chi connectivity index (χ4n) is 3.57. The fraction of sp³-hybridized carbons (Fsp3) is 0.320. The molecule has 3 aromatic rings. The molecule has 0 aliphatic carbocycles. The van der Waals surface area contributed by atoms with E-state index in [-0.39, 0.29) is 12.4 Å². The van der Waals surface area contributed by atoms with E-state index in [0.717, 1.165) is 49.9 Å². The minimum atomic E-state index is 0. The summed E-state index contributed by atoms with van der Waals surface area (Å²) in [6.45, 7) is 7.90. The number of halogens is 1. The summed E-state index contributed by atoms with van der Waals surface area (Å²) in [6, 6.07) is 19.6. The number of amidine groups is 1. The lowest BCUT2D eigenvalue weighted by Gasteiger charge is -2.14. The van der Waals surface area contributed by atoms with Gasteiger partial charge in [-0.15, -0.1) is 12.4 Å². The van der Waals surface area contributed by atoms with Crippen LogP contribution < -0.4 is 10.1 Å². The van der Waals surface area contributed by atoms with Crippen molar-refractivity contribution in [3.05, 3.63) is 65.7 Å². The molecule has 4 nitrogen and oxygen atoms in total. The Morgan fingerprint density at radius 2 is 1.73 bits per heavy atom. The van der Waals surface area contributed by atoms with Crippen LogP contribution in [-0.2, 0) is 4.74 Å². The van der Waals surface area contributed by atoms with Crippen LogP contribution in [0.15, 0.2) is 59.6 Å². The van der Waals surface area contributed by atoms with Crippen LogP contribution in [0.3, 0.4) is 0 Å². The maximum atomic E-state index is 6.13. The molecule has 0 atom stereocenters. The maximum Gasteiger partial charge on any atom is 0.132 e. The van der Waals surface area contributed by atoms with E-state index in [2.05, 4.69) is 71.8 Å². The molecule has 0 saturated carbocycles. The van der Waals surface area contributed by atoms with Crippen molar-refractivity contribution in [2.45, 2.75) is 20.3 Å². The Hall–Kier alpha value is -2.56. The van der Waals surface area contributed by atoms with Gasteiger partial charge >= 0.3 is 0 Å². The summed E-state index contributed by atoms with van der Waals surface area (Å²) >= 11 is 0. The lowest BCUT2D eigenvalue weighted by molar-refractivity contribution is 0.131. The van der Waals surface area contributed by atoms with Crippen molar-refractivity contribution in [2.75, 3.05) is 32.9 Å². The number of nitrogens with one attached hydrogen (secondary N) is 1. The van der Waals surface area contributed by atoms with Crippen molar-refractivity contribution in [3.8, 4) is 16.9 Å². The molecule has 4 rings (SSSR count). The molecule has 0 unspecified atom stereocenters. The highest BCUT2D eigenvalue weighted by Crippen LogP contribution is 2.31. The molecule has 0 aromatic heterocycles. The van der Waals surface area contributed by atoms with Crippen LogP contribution in [0, 0.1) is 6.92 Å². The first-order chi connectivity index (χ1) is 14.2. The monoisotopic (exact) mass is 424 g/mol. The average molecular weight is 425 g/mol. The van der Waals surface area contributed by atoms with Gasteiger partial charge in [0.1, 0.15) is 11.6 Å². The van der Waals surface area contributed by atoms with E-state index in [1.54, 1.807) is 0 Å². The molecule has 158 valence electrons. The number of aryl methyl sites for hydroxylation is 1. The van der Waals surface area contributed by atoms with Crippen LogP contribution in [0.2, 0.25) is 0 Å². The SMILES string of the molecule is CCOCCCOc1cc2ccc(-c3ccc(C)cc3)cc2cc1C1=NCCN1.Cl. The number of fused-ring (bicyclic) bond motifs is 1. The van der Waals surface area contributed by atoms with E-state index in [9.17, 15) is 0 Å². The molecule has 0 fully saturated rings. The van der Waals surface area contributed by atoms with E-state index < -0.39 is 0 Å². The van der Waals surface area contributed by atoms with Crippen molar-refractivity contribution in [1.82, 2.24) is 5.32 Å². The number of nitrogens with zero attached hydrogens (tertiary/aromatic N) is 1. The second kappa shape index (κ2) is 10.5. The minimum absolute atomic E-state index is 0. The van der Waals surface area contributed by atoms with E-state index in [0.29, 0.717) is 6.61 Å². The van der Waals surface area contributed by atoms with Crippen LogP contribution in [0.4, 0.5) is 0 Å². The van der Waals surface area contributed by atoms with Crippen molar-refractivity contribution >= 4 is 29.0 Å². The lowest BCUT2D eigenvalue weighted by atomic mass is 9.98. The Morgan fingerprint density at radius 1 is 0.933 bits per heavy atom. The van der Waals surface area contributed by atoms with Crippen molar-refractivity contribution in [1.29, 1.82) is 0 Å². The van der Waals surface area contributed by atoms with Gasteiger partial charge in [-0.1, -0.05) is 42.0 Å². The number of benzene rings is 3. The number of rotatable bonds is 8. The Morgan fingerprint density at radius 3 is 2.47 bits per heavy atom. The predicted octanol–water partition coefficient (Wildman–Crippen LogP) is 5.39. The van der Waals surface area contributed by atoms with Crippen molar-refractivity contribution < 1.29 is 9.47 Å². The van der Waals surface area contributed by atoms with Crippen molar-refractivity contribution in [3.63, 3.8) is 0 Å². The standard InChI is InChI=1S/C25H28N2O2.ClH/c1-3-28-13-4-14-29-24-17-21-10-9-20(19-7-5-18(2)6-8-19)15-22(21)16-23(24)25-26-11-12-27-25;/h5-10,15-17H,3-4,11-14H2,1-2H3,(H,26,27);1H. The first-order valence-corrected chi connectivity index (χ1v) is 10.4. The van der Waals surface area contributed by atoms with Crippen LogP contribution in [0.5, 0.6) is 5.75 Å². The summed E-state index contributed by atoms with van der Waals surface area (Å²) in [5.74, 6) is 1.80. The molecular formula is C25H29ClN2O2. The number of hydrogen-bond acceptors (Lipinski definition) is 4. The molecule has 0 radical (unpaired) electrons. The van der Waals surface area contributed by atoms with Crippen molar-refractivity contribution in [2.24, 2.45) is 4.99 Å². The van der Waals surface area contributed by atoms with Gasteiger partial charge in [0, 0.05) is 26.2 Å². The quantitative estimate of drug-likeness (QED) is 0.493. The Kier molecular flexibility index (Phi) is 7.72. The van der Waals surface area contributed by atoms with Gasteiger partial charge in [0.15, 0.2) is 0 Å². The van der Waals surface area contributed by atoms with Gasteiger partial charge in [-0.2, -0.15) is 0 Å². The molecular weight excluding hydrogens is 396 g/mol.